The van der Waals surface area contributed by atoms with Crippen molar-refractivity contribution < 1.29 is 4.79 Å². The SMILES string of the molecule is C[C@]12CCC(=O)C=C1CC[C@@H]1[C@@H]2CC[C@]2(C)C(c3cnc[nH]3)CC[C@@H]12. The second kappa shape index (κ2) is 5.31. The van der Waals surface area contributed by atoms with Gasteiger partial charge in [-0.05, 0) is 79.6 Å². The number of H-pyrrole nitrogens is 1. The molecule has 3 fully saturated rings. The number of fused-ring (bicyclic) bond motifs is 5. The van der Waals surface area contributed by atoms with Crippen LogP contribution in [-0.4, -0.2) is 15.8 Å². The van der Waals surface area contributed by atoms with Gasteiger partial charge in [0.15, 0.2) is 5.78 Å². The van der Waals surface area contributed by atoms with Crippen LogP contribution in [0.4, 0.5) is 0 Å². The first-order chi connectivity index (χ1) is 12.0. The Kier molecular flexibility index (Phi) is 3.37. The summed E-state index contributed by atoms with van der Waals surface area (Å²) in [6.07, 6.45) is 15.6. The fourth-order valence-corrected chi connectivity index (χ4v) is 7.53. The Hall–Kier alpha value is -1.38. The molecule has 6 atom stereocenters. The highest BCUT2D eigenvalue weighted by Crippen LogP contribution is 2.68. The van der Waals surface area contributed by atoms with Crippen LogP contribution in [0.15, 0.2) is 24.2 Å². The van der Waals surface area contributed by atoms with Crippen molar-refractivity contribution in [2.45, 2.75) is 71.1 Å². The number of rotatable bonds is 1. The lowest BCUT2D eigenvalue weighted by atomic mass is 9.47. The van der Waals surface area contributed by atoms with Gasteiger partial charge in [-0.25, -0.2) is 4.98 Å². The number of nitrogens with one attached hydrogen (secondary N) is 1. The number of hydrogen-bond acceptors (Lipinski definition) is 2. The average Bonchev–Trinajstić information content (AvgIpc) is 3.22. The van der Waals surface area contributed by atoms with Crippen LogP contribution < -0.4 is 0 Å². The van der Waals surface area contributed by atoms with E-state index in [-0.39, 0.29) is 0 Å². The third-order valence-electron chi connectivity index (χ3n) is 8.86. The molecule has 1 unspecified atom stereocenters. The van der Waals surface area contributed by atoms with Gasteiger partial charge in [-0.1, -0.05) is 19.4 Å². The van der Waals surface area contributed by atoms with E-state index in [0.29, 0.717) is 22.5 Å². The first kappa shape index (κ1) is 15.8. The summed E-state index contributed by atoms with van der Waals surface area (Å²) >= 11 is 0. The third-order valence-corrected chi connectivity index (χ3v) is 8.86. The molecule has 0 radical (unpaired) electrons. The summed E-state index contributed by atoms with van der Waals surface area (Å²) in [4.78, 5) is 19.6. The topological polar surface area (TPSA) is 45.8 Å². The van der Waals surface area contributed by atoms with Crippen LogP contribution in [0.1, 0.15) is 76.8 Å². The van der Waals surface area contributed by atoms with Crippen molar-refractivity contribution in [1.82, 2.24) is 9.97 Å². The minimum atomic E-state index is 0.296. The Balaban J connectivity index is 1.48. The van der Waals surface area contributed by atoms with Crippen LogP contribution >= 0.6 is 0 Å². The lowest BCUT2D eigenvalue weighted by Gasteiger charge is -2.58. The van der Waals surface area contributed by atoms with Crippen LogP contribution in [0.25, 0.3) is 0 Å². The molecule has 0 amide bonds. The van der Waals surface area contributed by atoms with Gasteiger partial charge in [0.2, 0.25) is 0 Å². The Morgan fingerprint density at radius 3 is 2.76 bits per heavy atom. The predicted molar refractivity (Wildman–Crippen MR) is 98.0 cm³/mol. The van der Waals surface area contributed by atoms with E-state index >= 15 is 0 Å². The molecule has 3 heteroatoms. The number of aromatic amines is 1. The van der Waals surface area contributed by atoms with Crippen LogP contribution in [-0.2, 0) is 4.79 Å². The molecule has 1 N–H and O–H groups in total. The zero-order chi connectivity index (χ0) is 17.2. The van der Waals surface area contributed by atoms with E-state index in [1.165, 1.54) is 43.4 Å². The van der Waals surface area contributed by atoms with Crippen molar-refractivity contribution in [2.75, 3.05) is 0 Å². The van der Waals surface area contributed by atoms with E-state index in [9.17, 15) is 4.79 Å². The second-order valence-electron chi connectivity index (χ2n) is 9.65. The third kappa shape index (κ3) is 2.10. The molecular formula is C22H30N2O. The highest BCUT2D eigenvalue weighted by atomic mass is 16.1. The molecule has 0 aromatic carbocycles. The van der Waals surface area contributed by atoms with E-state index in [1.807, 2.05) is 12.4 Å². The Morgan fingerprint density at radius 1 is 1.08 bits per heavy atom. The molecule has 1 heterocycles. The number of aromatic nitrogens is 2. The number of hydrogen-bond donors (Lipinski definition) is 1. The molecule has 4 aliphatic carbocycles. The summed E-state index contributed by atoms with van der Waals surface area (Å²) in [6, 6.07) is 0. The summed E-state index contributed by atoms with van der Waals surface area (Å²) < 4.78 is 0. The fourth-order valence-electron chi connectivity index (χ4n) is 7.53. The van der Waals surface area contributed by atoms with Crippen LogP contribution in [0.3, 0.4) is 0 Å². The first-order valence-corrected chi connectivity index (χ1v) is 10.2. The molecule has 25 heavy (non-hydrogen) atoms. The van der Waals surface area contributed by atoms with Crippen molar-refractivity contribution in [3.05, 3.63) is 29.9 Å². The lowest BCUT2D eigenvalue weighted by Crippen LogP contribution is -2.50. The van der Waals surface area contributed by atoms with E-state index in [1.54, 1.807) is 0 Å². The summed E-state index contributed by atoms with van der Waals surface area (Å²) in [5.74, 6) is 3.50. The average molecular weight is 338 g/mol. The van der Waals surface area contributed by atoms with Crippen molar-refractivity contribution in [1.29, 1.82) is 0 Å². The maximum atomic E-state index is 11.9. The maximum Gasteiger partial charge on any atom is 0.155 e. The normalized spacial score (nSPS) is 46.2. The van der Waals surface area contributed by atoms with E-state index in [0.717, 1.165) is 37.0 Å². The van der Waals surface area contributed by atoms with Crippen LogP contribution in [0, 0.1) is 28.6 Å². The van der Waals surface area contributed by atoms with Gasteiger partial charge in [0.1, 0.15) is 0 Å². The van der Waals surface area contributed by atoms with Gasteiger partial charge >= 0.3 is 0 Å². The van der Waals surface area contributed by atoms with E-state index < -0.39 is 0 Å². The van der Waals surface area contributed by atoms with Gasteiger partial charge in [0.05, 0.1) is 6.33 Å². The molecule has 3 saturated carbocycles. The molecular weight excluding hydrogens is 308 g/mol. The lowest BCUT2D eigenvalue weighted by molar-refractivity contribution is -0.117. The molecule has 0 spiro atoms. The van der Waals surface area contributed by atoms with E-state index in [2.05, 4.69) is 30.0 Å². The number of imidazole rings is 1. The van der Waals surface area contributed by atoms with Crippen molar-refractivity contribution in [3.8, 4) is 0 Å². The van der Waals surface area contributed by atoms with Gasteiger partial charge in [0.25, 0.3) is 0 Å². The maximum absolute atomic E-state index is 11.9. The smallest absolute Gasteiger partial charge is 0.155 e. The molecule has 5 rings (SSSR count). The molecule has 1 aromatic heterocycles. The molecule has 3 nitrogen and oxygen atoms in total. The Labute approximate surface area is 150 Å². The second-order valence-corrected chi connectivity index (χ2v) is 9.65. The monoisotopic (exact) mass is 338 g/mol. The molecule has 0 bridgehead atoms. The molecule has 0 aliphatic heterocycles. The number of carbonyl (C=O) groups is 1. The minimum Gasteiger partial charge on any atom is -0.348 e. The molecule has 134 valence electrons. The number of carbonyl (C=O) groups excluding carboxylic acids is 1. The molecule has 1 aromatic rings. The predicted octanol–water partition coefficient (Wildman–Crippen LogP) is 5.03. The quantitative estimate of drug-likeness (QED) is 0.781. The summed E-state index contributed by atoms with van der Waals surface area (Å²) in [7, 11) is 0. The van der Waals surface area contributed by atoms with Gasteiger partial charge in [-0.15, -0.1) is 0 Å². The zero-order valence-corrected chi connectivity index (χ0v) is 15.6. The largest absolute Gasteiger partial charge is 0.348 e. The first-order valence-electron chi connectivity index (χ1n) is 10.2. The highest BCUT2D eigenvalue weighted by Gasteiger charge is 2.59. The molecule has 4 aliphatic rings. The Morgan fingerprint density at radius 2 is 1.96 bits per heavy atom. The van der Waals surface area contributed by atoms with Gasteiger partial charge in [-0.3, -0.25) is 4.79 Å². The number of allylic oxidation sites excluding steroid dienone is 1. The van der Waals surface area contributed by atoms with Crippen molar-refractivity contribution in [2.24, 2.45) is 28.6 Å². The molecule has 0 saturated heterocycles. The zero-order valence-electron chi connectivity index (χ0n) is 15.6. The summed E-state index contributed by atoms with van der Waals surface area (Å²) in [5.41, 5.74) is 3.56. The van der Waals surface area contributed by atoms with Crippen LogP contribution in [0.5, 0.6) is 0 Å². The van der Waals surface area contributed by atoms with Crippen LogP contribution in [0.2, 0.25) is 0 Å². The highest BCUT2D eigenvalue weighted by molar-refractivity contribution is 5.91. The van der Waals surface area contributed by atoms with Gasteiger partial charge < -0.3 is 4.98 Å². The van der Waals surface area contributed by atoms with Gasteiger partial charge in [0, 0.05) is 24.2 Å². The van der Waals surface area contributed by atoms with E-state index in [4.69, 9.17) is 0 Å². The van der Waals surface area contributed by atoms with Crippen molar-refractivity contribution in [3.63, 3.8) is 0 Å². The summed E-state index contributed by atoms with van der Waals surface area (Å²) in [5, 5.41) is 0. The van der Waals surface area contributed by atoms with Crippen molar-refractivity contribution >= 4 is 5.78 Å². The Bertz CT molecular complexity index is 720. The summed E-state index contributed by atoms with van der Waals surface area (Å²) in [6.45, 7) is 5.04. The number of nitrogens with zero attached hydrogens (tertiary/aromatic N) is 1. The van der Waals surface area contributed by atoms with Gasteiger partial charge in [-0.2, -0.15) is 0 Å². The fraction of sp³-hybridized carbons (Fsp3) is 0.727. The minimum absolute atomic E-state index is 0.296. The number of ketones is 1. The standard InChI is InChI=1S/C22H30N2O/c1-21-9-7-15(25)11-14(21)3-4-16-17-5-6-19(20-12-23-13-24-20)22(17,2)10-8-18(16)21/h11-13,16-19H,3-10H2,1-2H3,(H,23,24)/t16-,17-,18-,19?,21-,22-/m0/s1.